The van der Waals surface area contributed by atoms with Gasteiger partial charge in [0.25, 0.3) is 0 Å². The Labute approximate surface area is 219 Å². The lowest BCUT2D eigenvalue weighted by Crippen LogP contribution is -2.36. The molecule has 1 aliphatic heterocycles. The SMILES string of the molecule is CCC(CC)COC(=O)[C@H](C)NP(=O)(OC[C@H]1S[C@@H](n2cnc(N)nc2=O)C[C@H]1O)Oc1ccccc1. The molecule has 1 aromatic carbocycles. The topological polar surface area (TPSA) is 168 Å². The molecule has 0 amide bonds. The van der Waals surface area contributed by atoms with E-state index >= 15 is 0 Å². The van der Waals surface area contributed by atoms with Crippen LogP contribution in [0.15, 0.2) is 41.5 Å². The van der Waals surface area contributed by atoms with Gasteiger partial charge in [-0.1, -0.05) is 44.9 Å². The van der Waals surface area contributed by atoms with Crippen LogP contribution in [0.2, 0.25) is 0 Å². The Morgan fingerprint density at radius 2 is 2.03 bits per heavy atom. The molecule has 0 aliphatic carbocycles. The highest BCUT2D eigenvalue weighted by Gasteiger charge is 2.39. The molecule has 2 heterocycles. The fourth-order valence-electron chi connectivity index (χ4n) is 3.61. The van der Waals surface area contributed by atoms with Crippen molar-refractivity contribution in [3.05, 3.63) is 47.1 Å². The van der Waals surface area contributed by atoms with E-state index in [0.29, 0.717) is 0 Å². The first kappa shape index (κ1) is 29.1. The average Bonchev–Trinajstić information content (AvgIpc) is 3.23. The number of hydrogen-bond donors (Lipinski definition) is 3. The van der Waals surface area contributed by atoms with Crippen LogP contribution in [0, 0.1) is 5.92 Å². The van der Waals surface area contributed by atoms with E-state index in [-0.39, 0.29) is 37.3 Å². The summed E-state index contributed by atoms with van der Waals surface area (Å²) < 4.78 is 31.7. The summed E-state index contributed by atoms with van der Waals surface area (Å²) in [6.07, 6.45) is 2.38. The molecule has 0 radical (unpaired) electrons. The summed E-state index contributed by atoms with van der Waals surface area (Å²) in [6.45, 7) is 5.65. The summed E-state index contributed by atoms with van der Waals surface area (Å²) in [7, 11) is -4.08. The molecule has 1 unspecified atom stereocenters. The number of benzene rings is 1. The number of aliphatic hydroxyl groups excluding tert-OH is 1. The maximum atomic E-state index is 13.7. The minimum absolute atomic E-state index is 0.137. The molecule has 1 fully saturated rings. The lowest BCUT2D eigenvalue weighted by molar-refractivity contribution is -0.146. The number of esters is 1. The number of nitrogens with zero attached hydrogens (tertiary/aromatic N) is 3. The van der Waals surface area contributed by atoms with Crippen molar-refractivity contribution >= 4 is 31.4 Å². The van der Waals surface area contributed by atoms with Gasteiger partial charge in [0.2, 0.25) is 5.95 Å². The molecule has 1 saturated heterocycles. The lowest BCUT2D eigenvalue weighted by atomic mass is 10.1. The van der Waals surface area contributed by atoms with E-state index in [4.69, 9.17) is 19.5 Å². The molecule has 204 valence electrons. The molecule has 0 saturated carbocycles. The van der Waals surface area contributed by atoms with E-state index in [1.807, 2.05) is 13.8 Å². The van der Waals surface area contributed by atoms with Gasteiger partial charge in [-0.2, -0.15) is 10.1 Å². The van der Waals surface area contributed by atoms with Crippen molar-refractivity contribution in [1.82, 2.24) is 19.6 Å². The number of carbonyl (C=O) groups is 1. The van der Waals surface area contributed by atoms with Crippen molar-refractivity contribution in [2.24, 2.45) is 5.92 Å². The molecular weight excluding hydrogens is 521 g/mol. The number of aliphatic hydroxyl groups is 1. The maximum Gasteiger partial charge on any atom is 0.459 e. The number of rotatable bonds is 13. The quantitative estimate of drug-likeness (QED) is 0.244. The largest absolute Gasteiger partial charge is 0.464 e. The molecular formula is C23H34N5O7PS. The number of ether oxygens (including phenoxy) is 1. The van der Waals surface area contributed by atoms with Crippen LogP contribution in [-0.2, 0) is 18.6 Å². The van der Waals surface area contributed by atoms with Crippen LogP contribution in [0.3, 0.4) is 0 Å². The Bertz CT molecular complexity index is 1130. The number of aromatic nitrogens is 3. The average molecular weight is 556 g/mol. The van der Waals surface area contributed by atoms with Gasteiger partial charge in [-0.3, -0.25) is 13.9 Å². The maximum absolute atomic E-state index is 13.7. The number of nitrogen functional groups attached to an aromatic ring is 1. The summed E-state index contributed by atoms with van der Waals surface area (Å²) in [5.74, 6) is -0.195. The zero-order valence-corrected chi connectivity index (χ0v) is 22.8. The molecule has 1 aromatic heterocycles. The van der Waals surface area contributed by atoms with E-state index in [9.17, 15) is 19.3 Å². The van der Waals surface area contributed by atoms with E-state index in [1.165, 1.54) is 29.6 Å². The highest BCUT2D eigenvalue weighted by molar-refractivity contribution is 8.00. The van der Waals surface area contributed by atoms with E-state index in [1.54, 1.807) is 30.3 Å². The van der Waals surface area contributed by atoms with E-state index < -0.39 is 42.2 Å². The molecule has 4 N–H and O–H groups in total. The molecule has 14 heteroatoms. The van der Waals surface area contributed by atoms with Crippen LogP contribution in [0.1, 0.15) is 45.4 Å². The van der Waals surface area contributed by atoms with Crippen molar-refractivity contribution in [2.75, 3.05) is 18.9 Å². The number of nitrogens with one attached hydrogen (secondary N) is 1. The van der Waals surface area contributed by atoms with Gasteiger partial charge in [-0.05, 0) is 25.0 Å². The Morgan fingerprint density at radius 3 is 2.68 bits per heavy atom. The Hall–Kier alpha value is -2.44. The van der Waals surface area contributed by atoms with Crippen LogP contribution < -0.4 is 21.0 Å². The predicted octanol–water partition coefficient (Wildman–Crippen LogP) is 2.75. The van der Waals surface area contributed by atoms with Crippen LogP contribution in [0.5, 0.6) is 5.75 Å². The van der Waals surface area contributed by atoms with E-state index in [0.717, 1.165) is 12.8 Å². The van der Waals surface area contributed by atoms with Crippen LogP contribution in [0.4, 0.5) is 5.95 Å². The van der Waals surface area contributed by atoms with Gasteiger partial charge in [-0.15, -0.1) is 11.8 Å². The first-order valence-corrected chi connectivity index (χ1v) is 14.6. The summed E-state index contributed by atoms with van der Waals surface area (Å²) >= 11 is 1.25. The van der Waals surface area contributed by atoms with Gasteiger partial charge in [0.05, 0.1) is 29.9 Å². The Kier molecular flexibility index (Phi) is 10.5. The highest BCUT2D eigenvalue weighted by Crippen LogP contribution is 2.48. The first-order chi connectivity index (χ1) is 17.6. The van der Waals surface area contributed by atoms with Gasteiger partial charge in [0, 0.05) is 6.42 Å². The van der Waals surface area contributed by atoms with Gasteiger partial charge >= 0.3 is 19.4 Å². The smallest absolute Gasteiger partial charge is 0.459 e. The van der Waals surface area contributed by atoms with Crippen molar-refractivity contribution in [2.45, 2.75) is 62.8 Å². The fourth-order valence-corrected chi connectivity index (χ4v) is 6.65. The zero-order valence-electron chi connectivity index (χ0n) is 21.1. The van der Waals surface area contributed by atoms with Crippen molar-refractivity contribution < 1.29 is 28.3 Å². The third-order valence-electron chi connectivity index (χ3n) is 5.96. The highest BCUT2D eigenvalue weighted by atomic mass is 32.2. The number of thioether (sulfide) groups is 1. The predicted molar refractivity (Wildman–Crippen MR) is 140 cm³/mol. The molecule has 37 heavy (non-hydrogen) atoms. The van der Waals surface area contributed by atoms with Crippen LogP contribution in [-0.4, -0.2) is 56.2 Å². The van der Waals surface area contributed by atoms with Gasteiger partial charge < -0.3 is 20.1 Å². The minimum Gasteiger partial charge on any atom is -0.464 e. The molecule has 0 bridgehead atoms. The molecule has 12 nitrogen and oxygen atoms in total. The van der Waals surface area contributed by atoms with E-state index in [2.05, 4.69) is 15.1 Å². The number of nitrogens with two attached hydrogens (primary N) is 1. The molecule has 0 spiro atoms. The lowest BCUT2D eigenvalue weighted by Gasteiger charge is -2.25. The van der Waals surface area contributed by atoms with Gasteiger partial charge in [0.15, 0.2) is 0 Å². The number of hydrogen-bond acceptors (Lipinski definition) is 11. The third kappa shape index (κ3) is 8.27. The summed E-state index contributed by atoms with van der Waals surface area (Å²) in [6, 6.07) is 7.43. The minimum atomic E-state index is -4.08. The second-order valence-electron chi connectivity index (χ2n) is 8.70. The second-order valence-corrected chi connectivity index (χ2v) is 11.8. The van der Waals surface area contributed by atoms with Crippen LogP contribution in [0.25, 0.3) is 0 Å². The van der Waals surface area contributed by atoms with Crippen LogP contribution >= 0.6 is 19.5 Å². The first-order valence-electron chi connectivity index (χ1n) is 12.1. The van der Waals surface area contributed by atoms with Gasteiger partial charge in [-0.25, -0.2) is 14.3 Å². The standard InChI is InChI=1S/C23H34N5O7PS/c1-4-16(5-2)12-33-21(30)15(3)27-36(32,35-17-9-7-6-8-10-17)34-13-19-18(29)11-20(37-19)28-14-25-22(24)26-23(28)31/h6-10,14-16,18-20,29H,4-5,11-13H2,1-3H3,(H,27,32)(H2,24,26,31)/t15-,18+,19+,20+,36?/m0/s1. The van der Waals surface area contributed by atoms with Gasteiger partial charge in [0.1, 0.15) is 18.1 Å². The molecule has 1 aliphatic rings. The summed E-state index contributed by atoms with van der Waals surface area (Å²) in [5.41, 5.74) is 4.87. The summed E-state index contributed by atoms with van der Waals surface area (Å²) in [4.78, 5) is 32.2. The molecule has 2 aromatic rings. The monoisotopic (exact) mass is 555 g/mol. The molecule has 3 rings (SSSR count). The number of anilines is 1. The summed E-state index contributed by atoms with van der Waals surface area (Å²) in [5, 5.41) is 12.2. The van der Waals surface area contributed by atoms with Crippen molar-refractivity contribution in [3.63, 3.8) is 0 Å². The Balaban J connectivity index is 1.68. The fraction of sp³-hybridized carbons (Fsp3) is 0.565. The normalized spacial score (nSPS) is 21.9. The van der Waals surface area contributed by atoms with Crippen molar-refractivity contribution in [1.29, 1.82) is 0 Å². The van der Waals surface area contributed by atoms with Crippen molar-refractivity contribution in [3.8, 4) is 5.75 Å². The number of carbonyl (C=O) groups excluding carboxylic acids is 1. The number of para-hydroxylation sites is 1. The molecule has 5 atom stereocenters. The zero-order chi connectivity index (χ0) is 27.0. The Morgan fingerprint density at radius 1 is 1.32 bits per heavy atom. The third-order valence-corrected chi connectivity index (χ3v) is 9.14. The second kappa shape index (κ2) is 13.4.